The van der Waals surface area contributed by atoms with Crippen molar-refractivity contribution in [3.63, 3.8) is 0 Å². The van der Waals surface area contributed by atoms with E-state index in [0.29, 0.717) is 22.1 Å². The molecule has 0 saturated carbocycles. The summed E-state index contributed by atoms with van der Waals surface area (Å²) < 4.78 is 10.5. The van der Waals surface area contributed by atoms with Gasteiger partial charge in [-0.3, -0.25) is 4.79 Å². The number of halogens is 1. The van der Waals surface area contributed by atoms with Crippen LogP contribution < -0.4 is 9.47 Å². The molecule has 0 bridgehead atoms. The molecule has 0 amide bonds. The van der Waals surface area contributed by atoms with Crippen molar-refractivity contribution in [2.75, 3.05) is 6.79 Å². The fourth-order valence-electron chi connectivity index (χ4n) is 1.92. The van der Waals surface area contributed by atoms with Gasteiger partial charge in [-0.15, -0.1) is 0 Å². The molecule has 20 heavy (non-hydrogen) atoms. The second kappa shape index (κ2) is 5.39. The first-order chi connectivity index (χ1) is 9.74. The van der Waals surface area contributed by atoms with Crippen molar-refractivity contribution in [1.82, 2.24) is 0 Å². The second-order valence-electron chi connectivity index (χ2n) is 4.29. The molecule has 2 aromatic rings. The number of rotatable bonds is 3. The van der Waals surface area contributed by atoms with Gasteiger partial charge >= 0.3 is 0 Å². The van der Waals surface area contributed by atoms with Gasteiger partial charge in [-0.2, -0.15) is 0 Å². The third-order valence-corrected chi connectivity index (χ3v) is 3.32. The van der Waals surface area contributed by atoms with Crippen LogP contribution >= 0.6 is 11.6 Å². The van der Waals surface area contributed by atoms with Crippen LogP contribution in [-0.2, 0) is 0 Å². The molecule has 0 fully saturated rings. The Morgan fingerprint density at radius 3 is 2.75 bits per heavy atom. The van der Waals surface area contributed by atoms with Crippen LogP contribution in [-0.4, -0.2) is 12.6 Å². The van der Waals surface area contributed by atoms with Gasteiger partial charge in [0, 0.05) is 10.6 Å². The number of hydrogen-bond donors (Lipinski definition) is 0. The molecule has 0 aliphatic carbocycles. The predicted octanol–water partition coefficient (Wildman–Crippen LogP) is 3.96. The first kappa shape index (κ1) is 12.8. The Labute approximate surface area is 121 Å². The summed E-state index contributed by atoms with van der Waals surface area (Å²) in [6.07, 6.45) is 3.20. The average Bonchev–Trinajstić information content (AvgIpc) is 2.93. The van der Waals surface area contributed by atoms with E-state index in [1.807, 2.05) is 18.2 Å². The van der Waals surface area contributed by atoms with Crippen LogP contribution in [0.2, 0.25) is 5.02 Å². The summed E-state index contributed by atoms with van der Waals surface area (Å²) in [6, 6.07) is 12.5. The molecular weight excluding hydrogens is 276 g/mol. The molecule has 4 heteroatoms. The lowest BCUT2D eigenvalue weighted by atomic mass is 10.1. The number of carbonyl (C=O) groups excluding carboxylic acids is 1. The van der Waals surface area contributed by atoms with E-state index in [9.17, 15) is 4.79 Å². The Morgan fingerprint density at radius 1 is 1.10 bits per heavy atom. The summed E-state index contributed by atoms with van der Waals surface area (Å²) >= 11 is 6.03. The van der Waals surface area contributed by atoms with E-state index in [4.69, 9.17) is 21.1 Å². The standard InChI is InChI=1S/C16H11ClO3/c17-13-4-2-1-3-11(13)5-7-14(18)12-6-8-15-16(9-12)20-10-19-15/h1-9H,10H2. The zero-order valence-electron chi connectivity index (χ0n) is 10.5. The molecule has 0 radical (unpaired) electrons. The average molecular weight is 287 g/mol. The van der Waals surface area contributed by atoms with E-state index in [1.165, 1.54) is 6.08 Å². The maximum atomic E-state index is 12.1. The third-order valence-electron chi connectivity index (χ3n) is 2.98. The minimum Gasteiger partial charge on any atom is -0.454 e. The maximum absolute atomic E-state index is 12.1. The normalized spacial score (nSPS) is 12.8. The van der Waals surface area contributed by atoms with Crippen molar-refractivity contribution in [1.29, 1.82) is 0 Å². The molecule has 1 heterocycles. The van der Waals surface area contributed by atoms with Gasteiger partial charge in [-0.1, -0.05) is 29.8 Å². The number of fused-ring (bicyclic) bond motifs is 1. The van der Waals surface area contributed by atoms with Gasteiger partial charge in [-0.05, 0) is 42.0 Å². The second-order valence-corrected chi connectivity index (χ2v) is 4.69. The van der Waals surface area contributed by atoms with E-state index >= 15 is 0 Å². The molecule has 0 N–H and O–H groups in total. The van der Waals surface area contributed by atoms with Crippen LogP contribution in [0.5, 0.6) is 11.5 Å². The van der Waals surface area contributed by atoms with Crippen LogP contribution in [0.3, 0.4) is 0 Å². The highest BCUT2D eigenvalue weighted by atomic mass is 35.5. The lowest BCUT2D eigenvalue weighted by Crippen LogP contribution is -1.94. The Kier molecular flexibility index (Phi) is 3.44. The molecule has 0 spiro atoms. The van der Waals surface area contributed by atoms with Crippen LogP contribution in [0, 0.1) is 0 Å². The zero-order valence-corrected chi connectivity index (χ0v) is 11.3. The highest BCUT2D eigenvalue weighted by molar-refractivity contribution is 6.32. The van der Waals surface area contributed by atoms with Crippen molar-refractivity contribution < 1.29 is 14.3 Å². The highest BCUT2D eigenvalue weighted by Crippen LogP contribution is 2.32. The van der Waals surface area contributed by atoms with Gasteiger partial charge in [0.25, 0.3) is 0 Å². The Morgan fingerprint density at radius 2 is 1.90 bits per heavy atom. The number of benzene rings is 2. The van der Waals surface area contributed by atoms with E-state index < -0.39 is 0 Å². The summed E-state index contributed by atoms with van der Waals surface area (Å²) in [4.78, 5) is 12.1. The van der Waals surface area contributed by atoms with Crippen molar-refractivity contribution in [2.24, 2.45) is 0 Å². The Hall–Kier alpha value is -2.26. The Balaban J connectivity index is 1.81. The molecule has 3 rings (SSSR count). The third kappa shape index (κ3) is 2.53. The lowest BCUT2D eigenvalue weighted by Gasteiger charge is -2.00. The molecule has 0 unspecified atom stereocenters. The van der Waals surface area contributed by atoms with Crippen LogP contribution in [0.4, 0.5) is 0 Å². The van der Waals surface area contributed by atoms with Crippen molar-refractivity contribution >= 4 is 23.5 Å². The quantitative estimate of drug-likeness (QED) is 0.633. The van der Waals surface area contributed by atoms with Crippen molar-refractivity contribution in [3.8, 4) is 11.5 Å². The Bertz CT molecular complexity index is 692. The van der Waals surface area contributed by atoms with Gasteiger partial charge in [-0.25, -0.2) is 0 Å². The summed E-state index contributed by atoms with van der Waals surface area (Å²) in [6.45, 7) is 0.197. The minimum absolute atomic E-state index is 0.108. The van der Waals surface area contributed by atoms with E-state index in [0.717, 1.165) is 5.56 Å². The van der Waals surface area contributed by atoms with Gasteiger partial charge in [0.1, 0.15) is 0 Å². The molecular formula is C16H11ClO3. The van der Waals surface area contributed by atoms with E-state index in [2.05, 4.69) is 0 Å². The number of ether oxygens (including phenoxy) is 2. The SMILES string of the molecule is O=C(C=Cc1ccccc1Cl)c1ccc2c(c1)OCO2. The molecule has 3 nitrogen and oxygen atoms in total. The first-order valence-corrected chi connectivity index (χ1v) is 6.48. The first-order valence-electron chi connectivity index (χ1n) is 6.10. The molecule has 100 valence electrons. The van der Waals surface area contributed by atoms with Crippen LogP contribution in [0.25, 0.3) is 6.08 Å². The molecule has 0 saturated heterocycles. The largest absolute Gasteiger partial charge is 0.454 e. The summed E-state index contributed by atoms with van der Waals surface area (Å²) in [5, 5.41) is 0.613. The number of allylic oxidation sites excluding steroid dienone is 1. The van der Waals surface area contributed by atoms with Crippen LogP contribution in [0.1, 0.15) is 15.9 Å². The molecule has 1 aliphatic heterocycles. The molecule has 1 aliphatic rings. The lowest BCUT2D eigenvalue weighted by molar-refractivity contribution is 0.104. The summed E-state index contributed by atoms with van der Waals surface area (Å²) in [5.74, 6) is 1.15. The highest BCUT2D eigenvalue weighted by Gasteiger charge is 2.15. The number of ketones is 1. The van der Waals surface area contributed by atoms with Crippen LogP contribution in [0.15, 0.2) is 48.5 Å². The summed E-state index contributed by atoms with van der Waals surface area (Å²) in [7, 11) is 0. The number of hydrogen-bond acceptors (Lipinski definition) is 3. The van der Waals surface area contributed by atoms with Gasteiger partial charge in [0.2, 0.25) is 6.79 Å². The smallest absolute Gasteiger partial charge is 0.231 e. The predicted molar refractivity (Wildman–Crippen MR) is 77.4 cm³/mol. The molecule has 2 aromatic carbocycles. The number of carbonyl (C=O) groups is 1. The minimum atomic E-state index is -0.108. The van der Waals surface area contributed by atoms with Gasteiger partial charge in [0.05, 0.1) is 0 Å². The van der Waals surface area contributed by atoms with Crippen molar-refractivity contribution in [3.05, 3.63) is 64.7 Å². The topological polar surface area (TPSA) is 35.5 Å². The van der Waals surface area contributed by atoms with E-state index in [-0.39, 0.29) is 12.6 Å². The molecule has 0 aromatic heterocycles. The monoisotopic (exact) mass is 286 g/mol. The van der Waals surface area contributed by atoms with Gasteiger partial charge in [0.15, 0.2) is 17.3 Å². The maximum Gasteiger partial charge on any atom is 0.231 e. The molecule has 0 atom stereocenters. The van der Waals surface area contributed by atoms with Gasteiger partial charge < -0.3 is 9.47 Å². The van der Waals surface area contributed by atoms with E-state index in [1.54, 1.807) is 30.3 Å². The fourth-order valence-corrected chi connectivity index (χ4v) is 2.12. The fraction of sp³-hybridized carbons (Fsp3) is 0.0625. The van der Waals surface area contributed by atoms with Crippen molar-refractivity contribution in [2.45, 2.75) is 0 Å². The summed E-state index contributed by atoms with van der Waals surface area (Å²) in [5.41, 5.74) is 1.36. The zero-order chi connectivity index (χ0) is 13.9.